The van der Waals surface area contributed by atoms with E-state index in [9.17, 15) is 58.5 Å². The molecule has 3 aromatic heterocycles. The fraction of sp³-hybridized carbons (Fsp3) is 0.526. The first-order valence-electron chi connectivity index (χ1n) is 46.4. The summed E-state index contributed by atoms with van der Waals surface area (Å²) in [5, 5.41) is 66.1. The molecule has 3 aliphatic heterocycles. The van der Waals surface area contributed by atoms with Crippen molar-refractivity contribution in [3.8, 4) is 5.75 Å². The number of nitrogens with two attached hydrogens (primary N) is 3. The highest BCUT2D eigenvalue weighted by Crippen LogP contribution is 2.32. The number of hydrogen-bond acceptors (Lipinski definition) is 23. The monoisotopic (exact) mass is 1920 g/mol. The molecule has 3 fully saturated rings. The van der Waals surface area contributed by atoms with Gasteiger partial charge in [-0.3, -0.25) is 91.9 Å². The van der Waals surface area contributed by atoms with Crippen molar-refractivity contribution in [2.24, 2.45) is 35.0 Å². The van der Waals surface area contributed by atoms with Crippen LogP contribution in [0.25, 0.3) is 21.8 Å². The summed E-state index contributed by atoms with van der Waals surface area (Å²) in [6.07, 6.45) is 1.77. The first-order valence-corrected chi connectivity index (χ1v) is 47.6. The molecule has 6 heterocycles. The van der Waals surface area contributed by atoms with Gasteiger partial charge in [0, 0.05) is 137 Å². The summed E-state index contributed by atoms with van der Waals surface area (Å²) in [4.78, 5) is 268. The van der Waals surface area contributed by atoms with Crippen LogP contribution in [0.15, 0.2) is 110 Å². The van der Waals surface area contributed by atoms with Gasteiger partial charge in [-0.1, -0.05) is 108 Å². The van der Waals surface area contributed by atoms with Crippen molar-refractivity contribution in [2.75, 3.05) is 65.4 Å². The van der Waals surface area contributed by atoms with Gasteiger partial charge in [-0.05, 0) is 124 Å². The number of H-pyrrole nitrogens is 2. The quantitative estimate of drug-likeness (QED) is 0.0192. The van der Waals surface area contributed by atoms with Gasteiger partial charge >= 0.3 is 0 Å². The molecular weight excluding hydrogens is 1790 g/mol. The molecule has 3 saturated heterocycles. The highest BCUT2D eigenvalue weighted by Gasteiger charge is 2.47. The Morgan fingerprint density at radius 2 is 1.15 bits per heavy atom. The van der Waals surface area contributed by atoms with Crippen LogP contribution in [0.4, 0.5) is 0 Å². The van der Waals surface area contributed by atoms with E-state index in [-0.39, 0.29) is 102 Å². The van der Waals surface area contributed by atoms with Crippen LogP contribution in [-0.4, -0.2) is 305 Å². The van der Waals surface area contributed by atoms with E-state index in [1.54, 1.807) is 86.9 Å². The molecule has 21 N–H and O–H groups in total. The molecule has 0 bridgehead atoms. The Bertz CT molecular complexity index is 5290. The molecule has 137 heavy (non-hydrogen) atoms. The van der Waals surface area contributed by atoms with Crippen molar-refractivity contribution in [1.82, 2.24) is 87.3 Å². The van der Waals surface area contributed by atoms with Gasteiger partial charge in [0.1, 0.15) is 72.2 Å². The van der Waals surface area contributed by atoms with Crippen LogP contribution in [0.3, 0.4) is 0 Å². The Hall–Kier alpha value is -13.4. The van der Waals surface area contributed by atoms with Gasteiger partial charge in [-0.25, -0.2) is 0 Å². The number of thioether (sulfide) groups is 1. The number of amides is 15. The molecule has 3 aromatic carbocycles. The molecule has 9 rings (SSSR count). The number of aromatic nitrogens is 3. The highest BCUT2D eigenvalue weighted by atomic mass is 32.2. The number of unbranched alkanes of at least 4 members (excludes halogenated alkanes) is 2. The molecule has 0 saturated carbocycles. The average Bonchev–Trinajstić information content (AvgIpc) is 1.67. The van der Waals surface area contributed by atoms with Crippen LogP contribution >= 0.6 is 11.8 Å². The van der Waals surface area contributed by atoms with Gasteiger partial charge in [-0.2, -0.15) is 0 Å². The molecule has 0 radical (unpaired) electrons. The van der Waals surface area contributed by atoms with E-state index in [0.717, 1.165) is 26.5 Å². The van der Waals surface area contributed by atoms with E-state index >= 15 is 38.4 Å². The largest absolute Gasteiger partial charge is 0.508 e. The number of benzene rings is 3. The van der Waals surface area contributed by atoms with Gasteiger partial charge in [0.2, 0.25) is 88.6 Å². The normalized spacial score (nSPS) is 24.7. The lowest BCUT2D eigenvalue weighted by atomic mass is 9.88. The Labute approximate surface area is 798 Å². The van der Waals surface area contributed by atoms with E-state index in [4.69, 9.17) is 22.6 Å². The van der Waals surface area contributed by atoms with Crippen LogP contribution in [0.1, 0.15) is 153 Å². The van der Waals surface area contributed by atoms with Gasteiger partial charge in [-0.15, -0.1) is 11.8 Å². The fourth-order valence-corrected chi connectivity index (χ4v) is 18.3. The third-order valence-corrected chi connectivity index (χ3v) is 26.1. The van der Waals surface area contributed by atoms with Gasteiger partial charge in [0.25, 0.3) is 0 Å². The predicted octanol–water partition coefficient (Wildman–Crippen LogP) is -0.0757. The van der Waals surface area contributed by atoms with E-state index in [0.29, 0.717) is 69.9 Å². The zero-order chi connectivity index (χ0) is 100. The maximum absolute atomic E-state index is 15.8. The first kappa shape index (κ1) is 107. The Balaban J connectivity index is 1.11. The molecule has 0 unspecified atom stereocenters. The molecule has 15 atom stereocenters. The number of ketones is 2. The second-order valence-electron chi connectivity index (χ2n) is 35.8. The minimum absolute atomic E-state index is 0.00537. The lowest BCUT2D eigenvalue weighted by molar-refractivity contribution is -0.150. The van der Waals surface area contributed by atoms with Crippen molar-refractivity contribution < 1.29 is 96.8 Å². The van der Waals surface area contributed by atoms with E-state index in [1.165, 1.54) is 68.3 Å². The smallest absolute Gasteiger partial charge is 0.246 e. The topological polar surface area (TPSA) is 622 Å². The average molecular weight is 1920 g/mol. The number of primary amides is 2. The third-order valence-electron chi connectivity index (χ3n) is 25.1. The minimum Gasteiger partial charge on any atom is -0.508 e. The Kier molecular flexibility index (Phi) is 40.4. The third kappa shape index (κ3) is 30.3. The van der Waals surface area contributed by atoms with Gasteiger partial charge in [0.05, 0.1) is 37.5 Å². The zero-order valence-corrected chi connectivity index (χ0v) is 79.4. The summed E-state index contributed by atoms with van der Waals surface area (Å²) in [5.74, 6) is -19.8. The minimum atomic E-state index is -1.78. The summed E-state index contributed by atoms with van der Waals surface area (Å²) in [6, 6.07) is 6.48. The number of aliphatic hydroxyl groups is 2. The molecule has 6 aromatic rings. The van der Waals surface area contributed by atoms with Crippen molar-refractivity contribution in [3.05, 3.63) is 132 Å². The van der Waals surface area contributed by atoms with Crippen LogP contribution in [0.5, 0.6) is 5.75 Å². The number of fused-ring (bicyclic) bond motifs is 4. The summed E-state index contributed by atoms with van der Waals surface area (Å²) in [6.45, 7) is 6.23. The molecule has 15 amide bonds. The van der Waals surface area contributed by atoms with E-state index < -0.39 is 247 Å². The lowest BCUT2D eigenvalue weighted by Crippen LogP contribution is -2.60. The zero-order valence-electron chi connectivity index (χ0n) is 78.6. The number of nitrogens with one attached hydrogen (secondary N) is 12. The molecular formula is C95H131N21O20S. The van der Waals surface area contributed by atoms with Crippen LogP contribution in [0.2, 0.25) is 0 Å². The van der Waals surface area contributed by atoms with Crippen molar-refractivity contribution >= 4 is 140 Å². The SMILES string of the molecule is CCCC[C@H]1C(=O)N(C)[C@@H](CCCC)C(=O)N[C@@H](CCCNC(=N)N)C(=O)N[C@H](C(=O)NCC(N)=O)CSCC(=O)N[C@@H](Cc2ccc(O)cc2)C(=O)N(C)[C@@H](C)C(=O)N[C@@H](CC(N)=O)C(=O)N2CCC[C@H]2C(=O)N[C@@H](Cc2ccccn2)C(=O)N[C@@H](CC(C)C)C(=O)N2C[C@H](O)C[C@H]2C(=O)C[C@@H](Cc2c[nH]c3ccccc23)C(=O)N[C@@H](CO)C(=O)C[C@@H](Cc2c[nH]c3ccccc23)C(=O)N1C. The number of aromatic amines is 2. The predicted molar refractivity (Wildman–Crippen MR) is 508 cm³/mol. The van der Waals surface area contributed by atoms with E-state index in [1.807, 2.05) is 19.9 Å². The first-order chi connectivity index (χ1) is 65.3. The van der Waals surface area contributed by atoms with Crippen LogP contribution in [0, 0.1) is 23.2 Å². The number of rotatable bonds is 26. The number of nitrogens with zero attached hydrogens (tertiary/aromatic N) is 6. The summed E-state index contributed by atoms with van der Waals surface area (Å²) >= 11 is 0.767. The number of guanidine groups is 1. The number of hydrogen-bond donors (Lipinski definition) is 18. The van der Waals surface area contributed by atoms with Crippen molar-refractivity contribution in [1.29, 1.82) is 5.41 Å². The maximum atomic E-state index is 15.8. The number of carbonyl (C=O) groups excluding carboxylic acids is 17. The number of pyridine rings is 1. The maximum Gasteiger partial charge on any atom is 0.246 e. The van der Waals surface area contributed by atoms with Gasteiger partial charge < -0.3 is 115 Å². The van der Waals surface area contributed by atoms with E-state index in [2.05, 4.69) is 62.8 Å². The van der Waals surface area contributed by atoms with Crippen LogP contribution in [-0.2, 0) is 107 Å². The lowest BCUT2D eigenvalue weighted by Gasteiger charge is -2.36. The molecule has 41 nitrogen and oxygen atoms in total. The fourth-order valence-electron chi connectivity index (χ4n) is 17.5. The number of aliphatic hydroxyl groups excluding tert-OH is 2. The van der Waals surface area contributed by atoms with Crippen molar-refractivity contribution in [2.45, 2.75) is 235 Å². The van der Waals surface area contributed by atoms with Gasteiger partial charge in [0.15, 0.2) is 17.5 Å². The van der Waals surface area contributed by atoms with Crippen molar-refractivity contribution in [3.63, 3.8) is 0 Å². The second-order valence-corrected chi connectivity index (χ2v) is 36.9. The number of phenols is 1. The second kappa shape index (κ2) is 51.5. The highest BCUT2D eigenvalue weighted by molar-refractivity contribution is 8.00. The summed E-state index contributed by atoms with van der Waals surface area (Å²) in [5.41, 5.74) is 20.0. The van der Waals surface area contributed by atoms with Crippen LogP contribution < -0.4 is 65.1 Å². The summed E-state index contributed by atoms with van der Waals surface area (Å²) < 4.78 is 0. The Morgan fingerprint density at radius 1 is 0.562 bits per heavy atom. The standard InChI is InChI=1S/C95H131N21O20S/c1-9-11-27-74-88(130)106-67(26-19-35-101-95(98)99)86(128)111-73(85(127)104-48-81(97)123)51-137-52-82(124)105-70(38-55-30-32-61(118)33-31-55)91(133)112(6)54(5)83(125)108-71(45-80(96)122)92(134)115-36-20-29-75(115)89(131)107-68(43-60-21-17-18-34-100-60)87(129)109-69(37-53(3)4)93(135)116-49-62(119)44-77(116)79(121)41-56(39-58-46-102-65-24-15-13-22-63(58)65)84(126)110-72(50-117)78(120)42-57(40-59-47-103-66-25-16-14-23-64(59)66)90(132)114(8)76(28-12-10-2)94(136)113(74)7/h13-18,21-25,30-34,46-47,53-54,56-57,62,67-77,102-103,117-119H,9-12,19-20,26-29,35-45,48-52H2,1-8H3,(H2,96,122)(H2,97,123)(H,104,127)(H,105,124)(H,106,130)(H,107,131)(H,108,125)(H,109,129)(H,110,126)(H,111,128)(H4,98,99,101)/t54-,56+,57+,62+,67-,68-,69-,70-,71-,72-,73-,74-,75-,76-,77-/m0/s1. The number of carbonyl (C=O) groups is 17. The number of para-hydroxylation sites is 2. The molecule has 42 heteroatoms. The summed E-state index contributed by atoms with van der Waals surface area (Å²) in [7, 11) is 3.98. The number of phenolic OH excluding ortho intramolecular Hbond substituents is 1. The number of likely N-dealkylation sites (N-methyl/N-ethyl adjacent to an activating group) is 3. The number of aromatic hydroxyl groups is 1. The Morgan fingerprint density at radius 3 is 1.76 bits per heavy atom. The molecule has 3 aliphatic rings. The molecule has 0 spiro atoms. The molecule has 0 aliphatic carbocycles. The number of Topliss-reactive ketones (excluding diaryl/α,β-unsaturated/α-hetero) is 2. The molecule has 742 valence electrons.